The van der Waals surface area contributed by atoms with Crippen LogP contribution in [0.3, 0.4) is 0 Å². The summed E-state index contributed by atoms with van der Waals surface area (Å²) >= 11 is 6.00. The van der Waals surface area contributed by atoms with Gasteiger partial charge in [0, 0.05) is 31.1 Å². The lowest BCUT2D eigenvalue weighted by Crippen LogP contribution is -2.51. The highest BCUT2D eigenvalue weighted by Crippen LogP contribution is 2.32. The maximum absolute atomic E-state index is 12.2. The Balaban J connectivity index is 1.56. The van der Waals surface area contributed by atoms with Crippen LogP contribution in [0.5, 0.6) is 0 Å². The summed E-state index contributed by atoms with van der Waals surface area (Å²) in [5, 5.41) is 6.74. The van der Waals surface area contributed by atoms with Crippen LogP contribution in [-0.4, -0.2) is 36.5 Å². The number of hydrogen-bond donors (Lipinski definition) is 2. The number of rotatable bonds is 2. The van der Waals surface area contributed by atoms with Crippen LogP contribution in [0.15, 0.2) is 18.2 Å². The van der Waals surface area contributed by atoms with E-state index in [0.29, 0.717) is 19.4 Å². The van der Waals surface area contributed by atoms with Crippen molar-refractivity contribution in [1.29, 1.82) is 0 Å². The highest BCUT2D eigenvalue weighted by Gasteiger charge is 2.27. The maximum Gasteiger partial charge on any atom is 0.315 e. The zero-order valence-corrected chi connectivity index (χ0v) is 13.3. The molecule has 0 saturated carbocycles. The molecular formula is C16H20ClN3O2. The molecule has 1 aromatic carbocycles. The molecule has 5 nitrogen and oxygen atoms in total. The van der Waals surface area contributed by atoms with E-state index in [2.05, 4.69) is 10.6 Å². The summed E-state index contributed by atoms with van der Waals surface area (Å²) in [5.41, 5.74) is 2.36. The molecule has 1 aliphatic heterocycles. The van der Waals surface area contributed by atoms with Gasteiger partial charge in [0.2, 0.25) is 5.91 Å². The molecule has 1 aromatic rings. The molecular weight excluding hydrogens is 302 g/mol. The molecule has 22 heavy (non-hydrogen) atoms. The second kappa shape index (κ2) is 6.16. The highest BCUT2D eigenvalue weighted by molar-refractivity contribution is 6.30. The summed E-state index contributed by atoms with van der Waals surface area (Å²) < 4.78 is 0. The quantitative estimate of drug-likeness (QED) is 0.877. The van der Waals surface area contributed by atoms with Crippen LogP contribution in [0, 0.1) is 0 Å². The van der Waals surface area contributed by atoms with Crippen LogP contribution >= 0.6 is 11.6 Å². The summed E-state index contributed by atoms with van der Waals surface area (Å²) in [6, 6.07) is 5.71. The zero-order chi connectivity index (χ0) is 15.7. The molecule has 0 aromatic heterocycles. The average molecular weight is 322 g/mol. The molecule has 2 N–H and O–H groups in total. The van der Waals surface area contributed by atoms with Crippen LogP contribution in [0.4, 0.5) is 4.79 Å². The van der Waals surface area contributed by atoms with Gasteiger partial charge in [0.1, 0.15) is 0 Å². The Labute approximate surface area is 135 Å². The van der Waals surface area contributed by atoms with Crippen molar-refractivity contribution in [2.45, 2.75) is 37.8 Å². The molecule has 118 valence electrons. The van der Waals surface area contributed by atoms with Gasteiger partial charge in [-0.3, -0.25) is 4.79 Å². The van der Waals surface area contributed by atoms with E-state index >= 15 is 0 Å². The number of carbonyl (C=O) groups excluding carboxylic acids is 2. The Morgan fingerprint density at radius 1 is 1.27 bits per heavy atom. The third-order valence-electron chi connectivity index (χ3n) is 4.45. The van der Waals surface area contributed by atoms with Crippen molar-refractivity contribution in [2.24, 2.45) is 0 Å². The van der Waals surface area contributed by atoms with E-state index in [1.165, 1.54) is 5.56 Å². The monoisotopic (exact) mass is 321 g/mol. The number of likely N-dealkylation sites (N-methyl/N-ethyl adjacent to an activating group) is 1. The van der Waals surface area contributed by atoms with Gasteiger partial charge in [0.25, 0.3) is 0 Å². The molecule has 0 unspecified atom stereocenters. The SMILES string of the molecule is CN1C[C@@H](NC(=O)N[C@H]2CCc3cc(Cl)ccc32)CCC1=O. The summed E-state index contributed by atoms with van der Waals surface area (Å²) in [6.07, 6.45) is 3.02. The normalized spacial score (nSPS) is 24.1. The summed E-state index contributed by atoms with van der Waals surface area (Å²) in [5.74, 6) is 0.139. The first-order valence-electron chi connectivity index (χ1n) is 7.62. The van der Waals surface area contributed by atoms with E-state index in [4.69, 9.17) is 11.6 Å². The van der Waals surface area contributed by atoms with Crippen LogP contribution < -0.4 is 10.6 Å². The Morgan fingerprint density at radius 3 is 2.86 bits per heavy atom. The summed E-state index contributed by atoms with van der Waals surface area (Å²) in [6.45, 7) is 0.573. The van der Waals surface area contributed by atoms with E-state index in [1.807, 2.05) is 18.2 Å². The molecule has 1 fully saturated rings. The Bertz CT molecular complexity index is 605. The number of fused-ring (bicyclic) bond motifs is 1. The van der Waals surface area contributed by atoms with Crippen LogP contribution in [0.25, 0.3) is 0 Å². The number of hydrogen-bond acceptors (Lipinski definition) is 2. The molecule has 3 rings (SSSR count). The average Bonchev–Trinajstić information content (AvgIpc) is 2.85. The van der Waals surface area contributed by atoms with Crippen molar-refractivity contribution >= 4 is 23.5 Å². The van der Waals surface area contributed by atoms with Gasteiger partial charge in [0.15, 0.2) is 0 Å². The second-order valence-electron chi connectivity index (χ2n) is 6.06. The van der Waals surface area contributed by atoms with Gasteiger partial charge in [0.05, 0.1) is 6.04 Å². The number of halogens is 1. The molecule has 0 radical (unpaired) electrons. The first-order chi connectivity index (χ1) is 10.5. The van der Waals surface area contributed by atoms with Crippen molar-refractivity contribution in [3.05, 3.63) is 34.3 Å². The third kappa shape index (κ3) is 3.19. The predicted octanol–water partition coefficient (Wildman–Crippen LogP) is 2.25. The standard InChI is InChI=1S/C16H20ClN3O2/c1-20-9-12(4-7-15(20)21)18-16(22)19-14-6-2-10-8-11(17)3-5-13(10)14/h3,5,8,12,14H,2,4,6-7,9H2,1H3,(H2,18,19,22)/t12-,14-/m0/s1. The zero-order valence-electron chi connectivity index (χ0n) is 12.6. The van der Waals surface area contributed by atoms with Gasteiger partial charge in [-0.05, 0) is 42.5 Å². The van der Waals surface area contributed by atoms with Crippen molar-refractivity contribution in [3.8, 4) is 0 Å². The number of likely N-dealkylation sites (tertiary alicyclic amines) is 1. The van der Waals surface area contributed by atoms with Crippen LogP contribution in [-0.2, 0) is 11.2 Å². The van der Waals surface area contributed by atoms with E-state index in [1.54, 1.807) is 11.9 Å². The minimum Gasteiger partial charge on any atom is -0.344 e. The number of aryl methyl sites for hydroxylation is 1. The molecule has 3 amide bonds. The smallest absolute Gasteiger partial charge is 0.315 e. The Hall–Kier alpha value is -1.75. The first-order valence-corrected chi connectivity index (χ1v) is 8.00. The van der Waals surface area contributed by atoms with Crippen LogP contribution in [0.2, 0.25) is 5.02 Å². The van der Waals surface area contributed by atoms with Gasteiger partial charge in [-0.25, -0.2) is 4.79 Å². The fourth-order valence-corrected chi connectivity index (χ4v) is 3.45. The lowest BCUT2D eigenvalue weighted by molar-refractivity contribution is -0.132. The topological polar surface area (TPSA) is 61.4 Å². The molecule has 6 heteroatoms. The number of carbonyl (C=O) groups is 2. The third-order valence-corrected chi connectivity index (χ3v) is 4.69. The van der Waals surface area contributed by atoms with Gasteiger partial charge in [-0.2, -0.15) is 0 Å². The molecule has 2 atom stereocenters. The number of amides is 3. The van der Waals surface area contributed by atoms with Gasteiger partial charge in [-0.1, -0.05) is 17.7 Å². The summed E-state index contributed by atoms with van der Waals surface area (Å²) in [4.78, 5) is 25.3. The van der Waals surface area contributed by atoms with Crippen molar-refractivity contribution in [2.75, 3.05) is 13.6 Å². The van der Waals surface area contributed by atoms with Gasteiger partial charge >= 0.3 is 6.03 Å². The van der Waals surface area contributed by atoms with Gasteiger partial charge < -0.3 is 15.5 Å². The predicted molar refractivity (Wildman–Crippen MR) is 84.8 cm³/mol. The fraction of sp³-hybridized carbons (Fsp3) is 0.500. The molecule has 1 aliphatic carbocycles. The molecule has 2 aliphatic rings. The molecule has 0 bridgehead atoms. The molecule has 1 heterocycles. The lowest BCUT2D eigenvalue weighted by atomic mass is 10.1. The minimum absolute atomic E-state index is 0.0220. The number of nitrogens with one attached hydrogen (secondary N) is 2. The molecule has 0 spiro atoms. The number of piperidine rings is 1. The van der Waals surface area contributed by atoms with Gasteiger partial charge in [-0.15, -0.1) is 0 Å². The van der Waals surface area contributed by atoms with E-state index in [0.717, 1.165) is 23.4 Å². The Morgan fingerprint density at radius 2 is 2.09 bits per heavy atom. The van der Waals surface area contributed by atoms with E-state index in [-0.39, 0.29) is 24.0 Å². The second-order valence-corrected chi connectivity index (χ2v) is 6.50. The number of urea groups is 1. The molecule has 1 saturated heterocycles. The van der Waals surface area contributed by atoms with Crippen molar-refractivity contribution < 1.29 is 9.59 Å². The number of nitrogens with zero attached hydrogens (tertiary/aromatic N) is 1. The lowest BCUT2D eigenvalue weighted by Gasteiger charge is -2.30. The van der Waals surface area contributed by atoms with Crippen molar-refractivity contribution in [3.63, 3.8) is 0 Å². The van der Waals surface area contributed by atoms with E-state index in [9.17, 15) is 9.59 Å². The largest absolute Gasteiger partial charge is 0.344 e. The van der Waals surface area contributed by atoms with Crippen LogP contribution in [0.1, 0.15) is 36.4 Å². The Kier molecular flexibility index (Phi) is 4.25. The van der Waals surface area contributed by atoms with Crippen molar-refractivity contribution in [1.82, 2.24) is 15.5 Å². The number of benzene rings is 1. The highest BCUT2D eigenvalue weighted by atomic mass is 35.5. The first kappa shape index (κ1) is 15.2. The van der Waals surface area contributed by atoms with E-state index < -0.39 is 0 Å². The minimum atomic E-state index is -0.166. The maximum atomic E-state index is 12.2. The fourth-order valence-electron chi connectivity index (χ4n) is 3.25. The summed E-state index contributed by atoms with van der Waals surface area (Å²) in [7, 11) is 1.77.